The molecule has 1 amide bonds. The molecular weight excluding hydrogens is 670 g/mol. The van der Waals surface area contributed by atoms with Gasteiger partial charge in [0.05, 0.1) is 69.7 Å². The van der Waals surface area contributed by atoms with Gasteiger partial charge in [-0.3, -0.25) is 14.8 Å². The number of benzene rings is 3. The molecule has 2 heterocycles. The molecule has 5 N–H and O–H groups in total. The van der Waals surface area contributed by atoms with Crippen molar-refractivity contribution < 1.29 is 27.8 Å². The number of nitrogens with one attached hydrogen (secondary N) is 1. The summed E-state index contributed by atoms with van der Waals surface area (Å²) in [5.41, 5.74) is 9.22. The van der Waals surface area contributed by atoms with Gasteiger partial charge in [0.25, 0.3) is 0 Å². The predicted octanol–water partition coefficient (Wildman–Crippen LogP) is 4.83. The molecule has 0 saturated carbocycles. The fourth-order valence-electron chi connectivity index (χ4n) is 4.94. The highest BCUT2D eigenvalue weighted by Gasteiger charge is 2.25. The molecule has 3 aromatic carbocycles. The first-order chi connectivity index (χ1) is 24.3. The van der Waals surface area contributed by atoms with Crippen LogP contribution in [0.1, 0.15) is 28.7 Å². The monoisotopic (exact) mass is 704 g/mol. The van der Waals surface area contributed by atoms with Crippen LogP contribution in [0.4, 0.5) is 20.4 Å². The number of rotatable bonds is 17. The maximum atomic E-state index is 14.9. The summed E-state index contributed by atoms with van der Waals surface area (Å²) in [4.78, 5) is 28.8. The van der Waals surface area contributed by atoms with Crippen LogP contribution >= 0.6 is 11.6 Å². The number of nitrogens with two attached hydrogens (primary N) is 2. The second kappa shape index (κ2) is 18.0. The molecule has 5 rings (SSSR count). The van der Waals surface area contributed by atoms with E-state index in [0.717, 1.165) is 5.56 Å². The van der Waals surface area contributed by atoms with E-state index in [-0.39, 0.29) is 30.8 Å². The van der Waals surface area contributed by atoms with Crippen molar-refractivity contribution in [1.29, 1.82) is 0 Å². The fraction of sp³-hybridized carbons (Fsp3) is 0.257. The molecule has 0 saturated heterocycles. The van der Waals surface area contributed by atoms with Crippen LogP contribution in [0.25, 0.3) is 11.3 Å². The van der Waals surface area contributed by atoms with Crippen LogP contribution < -0.4 is 16.9 Å². The van der Waals surface area contributed by atoms with Crippen molar-refractivity contribution in [2.75, 3.05) is 51.5 Å². The number of hydrogen-bond acceptors (Lipinski definition) is 11. The summed E-state index contributed by atoms with van der Waals surface area (Å²) in [6.07, 6.45) is 3.40. The van der Waals surface area contributed by atoms with E-state index in [9.17, 15) is 13.6 Å². The molecule has 1 aliphatic heterocycles. The molecule has 4 aromatic rings. The normalized spacial score (nSPS) is 12.7. The van der Waals surface area contributed by atoms with Crippen molar-refractivity contribution in [3.63, 3.8) is 0 Å². The summed E-state index contributed by atoms with van der Waals surface area (Å²) in [5.74, 6) is 4.09. The fourth-order valence-corrected chi connectivity index (χ4v) is 5.11. The lowest BCUT2D eigenvalue weighted by molar-refractivity contribution is -0.119. The first-order valence-electron chi connectivity index (χ1n) is 15.7. The van der Waals surface area contributed by atoms with Gasteiger partial charge in [0.15, 0.2) is 0 Å². The van der Waals surface area contributed by atoms with Gasteiger partial charge < -0.3 is 31.1 Å². The Labute approximate surface area is 292 Å². The third-order valence-corrected chi connectivity index (χ3v) is 7.59. The van der Waals surface area contributed by atoms with Crippen LogP contribution in [0, 0.1) is 11.6 Å². The molecule has 50 heavy (non-hydrogen) atoms. The third-order valence-electron chi connectivity index (χ3n) is 7.35. The first kappa shape index (κ1) is 36.1. The number of hydrogen-bond donors (Lipinski definition) is 3. The number of carbonyl (C=O) groups is 1. The van der Waals surface area contributed by atoms with E-state index in [4.69, 9.17) is 42.4 Å². The van der Waals surface area contributed by atoms with Crippen molar-refractivity contribution in [2.24, 2.45) is 26.7 Å². The largest absolute Gasteiger partial charge is 0.379 e. The number of ether oxygens (including phenoxy) is 3. The average molecular weight is 705 g/mol. The lowest BCUT2D eigenvalue weighted by Crippen LogP contribution is -2.15. The summed E-state index contributed by atoms with van der Waals surface area (Å²) in [7, 11) is 0. The van der Waals surface area contributed by atoms with Gasteiger partial charge in [-0.1, -0.05) is 35.9 Å². The molecule has 15 heteroatoms. The molecule has 1 aromatic heterocycles. The molecule has 0 spiro atoms. The Kier molecular flexibility index (Phi) is 13.0. The highest BCUT2D eigenvalue weighted by Crippen LogP contribution is 2.34. The minimum Gasteiger partial charge on any atom is -0.379 e. The van der Waals surface area contributed by atoms with E-state index in [2.05, 4.69) is 25.4 Å². The van der Waals surface area contributed by atoms with Crippen molar-refractivity contribution in [2.45, 2.75) is 13.0 Å². The van der Waals surface area contributed by atoms with Gasteiger partial charge in [-0.05, 0) is 36.4 Å². The number of primary amides is 1. The number of carbonyl (C=O) groups excluding carboxylic acids is 1. The Hall–Kier alpha value is -5.15. The summed E-state index contributed by atoms with van der Waals surface area (Å²) in [6, 6.07) is 16.1. The molecule has 12 nitrogen and oxygen atoms in total. The molecular formula is C35H35ClF2N8O4. The summed E-state index contributed by atoms with van der Waals surface area (Å²) in [6.45, 7) is 2.77. The number of halogens is 3. The Bertz CT molecular complexity index is 1870. The number of aliphatic imine (C=N–C) groups is 2. The summed E-state index contributed by atoms with van der Waals surface area (Å²) >= 11 is 6.32. The second-order valence-corrected chi connectivity index (χ2v) is 11.3. The van der Waals surface area contributed by atoms with Gasteiger partial charge in [0.2, 0.25) is 11.9 Å². The molecule has 0 atom stereocenters. The van der Waals surface area contributed by atoms with Crippen molar-refractivity contribution in [1.82, 2.24) is 9.97 Å². The van der Waals surface area contributed by atoms with Gasteiger partial charge >= 0.3 is 0 Å². The molecule has 0 aliphatic carbocycles. The van der Waals surface area contributed by atoms with E-state index in [0.29, 0.717) is 84.3 Å². The maximum absolute atomic E-state index is 14.9. The van der Waals surface area contributed by atoms with Crippen LogP contribution in [0.3, 0.4) is 0 Å². The second-order valence-electron chi connectivity index (χ2n) is 10.8. The lowest BCUT2D eigenvalue weighted by Gasteiger charge is -2.13. The molecule has 0 bridgehead atoms. The number of anilines is 2. The number of fused-ring (bicyclic) bond motifs is 3. The number of hydrazone groups is 1. The van der Waals surface area contributed by atoms with Crippen LogP contribution in [-0.2, 0) is 25.5 Å². The predicted molar refractivity (Wildman–Crippen MR) is 188 cm³/mol. The Balaban J connectivity index is 1.16. The van der Waals surface area contributed by atoms with E-state index < -0.39 is 17.5 Å². The van der Waals surface area contributed by atoms with E-state index in [1.807, 2.05) is 24.3 Å². The zero-order chi connectivity index (χ0) is 35.3. The molecule has 0 unspecified atom stereocenters. The van der Waals surface area contributed by atoms with Gasteiger partial charge in [0.1, 0.15) is 17.3 Å². The minimum atomic E-state index is -0.725. The Morgan fingerprint density at radius 2 is 1.64 bits per heavy atom. The first-order valence-corrected chi connectivity index (χ1v) is 16.0. The lowest BCUT2D eigenvalue weighted by atomic mass is 9.95. The van der Waals surface area contributed by atoms with E-state index in [1.165, 1.54) is 18.2 Å². The molecule has 0 fully saturated rings. The van der Waals surface area contributed by atoms with E-state index >= 15 is 0 Å². The molecule has 0 radical (unpaired) electrons. The van der Waals surface area contributed by atoms with Gasteiger partial charge in [-0.15, -0.1) is 0 Å². The molecule has 260 valence electrons. The van der Waals surface area contributed by atoms with Crippen LogP contribution in [0.2, 0.25) is 5.02 Å². The van der Waals surface area contributed by atoms with Crippen molar-refractivity contribution in [3.05, 3.63) is 106 Å². The van der Waals surface area contributed by atoms with E-state index in [1.54, 1.807) is 30.6 Å². The van der Waals surface area contributed by atoms with Gasteiger partial charge in [-0.2, -0.15) is 5.10 Å². The summed E-state index contributed by atoms with van der Waals surface area (Å²) in [5, 5.41) is 7.44. The van der Waals surface area contributed by atoms with Crippen molar-refractivity contribution in [3.8, 4) is 11.3 Å². The van der Waals surface area contributed by atoms with Crippen LogP contribution in [0.5, 0.6) is 0 Å². The van der Waals surface area contributed by atoms with Crippen molar-refractivity contribution >= 4 is 46.8 Å². The highest BCUT2D eigenvalue weighted by atomic mass is 35.5. The zero-order valence-electron chi connectivity index (χ0n) is 26.9. The maximum Gasteiger partial charge on any atom is 0.227 e. The number of amides is 1. The quantitative estimate of drug-likeness (QED) is 0.0607. The third kappa shape index (κ3) is 9.72. The number of nitrogens with zero attached hydrogens (tertiary/aromatic N) is 5. The Morgan fingerprint density at radius 1 is 0.940 bits per heavy atom. The Morgan fingerprint density at radius 3 is 2.34 bits per heavy atom. The summed E-state index contributed by atoms with van der Waals surface area (Å²) < 4.78 is 45.8. The van der Waals surface area contributed by atoms with Crippen LogP contribution in [-0.4, -0.2) is 79.7 Å². The zero-order valence-corrected chi connectivity index (χ0v) is 27.7. The smallest absolute Gasteiger partial charge is 0.227 e. The van der Waals surface area contributed by atoms with Crippen LogP contribution in [0.15, 0.2) is 81.9 Å². The highest BCUT2D eigenvalue weighted by molar-refractivity contribution is 6.38. The molecule has 1 aliphatic rings. The topological polar surface area (TPSA) is 172 Å². The number of aromatic nitrogens is 2. The standard InChI is InChI=1S/C35H35ClF2N8O4/c36-24-6-9-26-27(18-24)34(32-28(37)2-1-3-29(32)38)42-19-23-20-43-35(45-33(23)26)44-25-7-4-22(5-8-25)30(46-40)21-41-11-13-49-15-17-50-16-14-48-12-10-31(39)47/h1-9,18,20-21H,10-17,19,40H2,(H2,39,47)(H,43,44,45). The van der Waals surface area contributed by atoms with Gasteiger partial charge in [-0.25, -0.2) is 18.7 Å². The average Bonchev–Trinajstić information content (AvgIpc) is 3.25. The minimum absolute atomic E-state index is 0.112. The van der Waals surface area contributed by atoms with Gasteiger partial charge in [0, 0.05) is 51.8 Å². The SMILES string of the molecule is NN=C(C=NCCOCCOCCOCCC(N)=O)c1ccc(Nc2ncc3c(n2)-c2ccc(Cl)cc2C(c2c(F)cccc2F)=NC3)cc1.